The van der Waals surface area contributed by atoms with Gasteiger partial charge in [0.1, 0.15) is 5.82 Å². The highest BCUT2D eigenvalue weighted by molar-refractivity contribution is 7.89. The molecule has 29 heavy (non-hydrogen) atoms. The number of nitrogens with zero attached hydrogens (tertiary/aromatic N) is 2. The van der Waals surface area contributed by atoms with Crippen molar-refractivity contribution in [3.63, 3.8) is 0 Å². The number of nitro benzene ring substituents is 1. The fraction of sp³-hybridized carbons (Fsp3) is 0.211. The number of H-pyrrole nitrogens is 1. The monoisotopic (exact) mass is 416 g/mol. The number of hydrogen-bond acceptors (Lipinski definition) is 6. The van der Waals surface area contributed by atoms with Gasteiger partial charge >= 0.3 is 5.69 Å². The Kier molecular flexibility index (Phi) is 5.95. The summed E-state index contributed by atoms with van der Waals surface area (Å²) in [7, 11) is -2.75. The molecule has 0 radical (unpaired) electrons. The Morgan fingerprint density at radius 2 is 1.97 bits per heavy atom. The number of ether oxygens (including phenoxy) is 1. The summed E-state index contributed by atoms with van der Waals surface area (Å²) in [5, 5.41) is 11.2. The molecule has 2 N–H and O–H groups in total. The quantitative estimate of drug-likeness (QED) is 0.428. The Morgan fingerprint density at radius 3 is 2.59 bits per heavy atom. The largest absolute Gasteiger partial charge is 0.490 e. The lowest BCUT2D eigenvalue weighted by atomic mass is 10.2. The second-order valence-corrected chi connectivity index (χ2v) is 7.94. The van der Waals surface area contributed by atoms with Crippen LogP contribution in [0.3, 0.4) is 0 Å². The Bertz CT molecular complexity index is 1110. The van der Waals surface area contributed by atoms with E-state index in [-0.39, 0.29) is 10.6 Å². The minimum Gasteiger partial charge on any atom is -0.490 e. The molecule has 0 saturated heterocycles. The Balaban J connectivity index is 1.88. The molecule has 0 aliphatic carbocycles. The molecule has 9 nitrogen and oxygen atoms in total. The van der Waals surface area contributed by atoms with Crippen LogP contribution in [-0.4, -0.2) is 30.4 Å². The molecule has 0 spiro atoms. The van der Waals surface area contributed by atoms with Crippen LogP contribution in [0.15, 0.2) is 59.6 Å². The topological polar surface area (TPSA) is 127 Å². The zero-order chi connectivity index (χ0) is 21.0. The maximum Gasteiger partial charge on any atom is 0.312 e. The molecular formula is C19H20N4O5S. The third-order valence-corrected chi connectivity index (χ3v) is 5.84. The fourth-order valence-electron chi connectivity index (χ4n) is 2.85. The normalized spacial score (nSPS) is 12.5. The van der Waals surface area contributed by atoms with Gasteiger partial charge in [-0.3, -0.25) is 10.1 Å². The first-order valence-electron chi connectivity index (χ1n) is 8.80. The zero-order valence-corrected chi connectivity index (χ0v) is 16.6. The number of nitrogens with one attached hydrogen (secondary N) is 2. The lowest BCUT2D eigenvalue weighted by Gasteiger charge is -2.15. The summed E-state index contributed by atoms with van der Waals surface area (Å²) in [4.78, 5) is 17.7. The minimum atomic E-state index is -4.03. The van der Waals surface area contributed by atoms with E-state index in [0.29, 0.717) is 12.2 Å². The highest BCUT2D eigenvalue weighted by atomic mass is 32.2. The van der Waals surface area contributed by atoms with E-state index >= 15 is 0 Å². The molecular weight excluding hydrogens is 396 g/mol. The van der Waals surface area contributed by atoms with Gasteiger partial charge in [0.2, 0.25) is 10.0 Å². The molecule has 1 heterocycles. The van der Waals surface area contributed by atoms with Crippen molar-refractivity contribution in [3.8, 4) is 17.0 Å². The van der Waals surface area contributed by atoms with Gasteiger partial charge < -0.3 is 9.72 Å². The van der Waals surface area contributed by atoms with Crippen LogP contribution in [0.4, 0.5) is 5.69 Å². The number of benzene rings is 2. The molecule has 0 saturated carbocycles. The van der Waals surface area contributed by atoms with E-state index < -0.39 is 26.7 Å². The predicted octanol–water partition coefficient (Wildman–Crippen LogP) is 3.42. The first kappa shape index (κ1) is 20.5. The van der Waals surface area contributed by atoms with E-state index in [0.717, 1.165) is 17.3 Å². The number of aromatic amines is 1. The maximum absolute atomic E-state index is 12.8. The predicted molar refractivity (Wildman–Crippen MR) is 107 cm³/mol. The van der Waals surface area contributed by atoms with Crippen LogP contribution in [0, 0.1) is 10.1 Å². The van der Waals surface area contributed by atoms with Gasteiger partial charge in [0, 0.05) is 6.07 Å². The summed E-state index contributed by atoms with van der Waals surface area (Å²) in [5.41, 5.74) is 1.26. The van der Waals surface area contributed by atoms with Crippen LogP contribution in [0.1, 0.15) is 25.2 Å². The van der Waals surface area contributed by atoms with Crippen LogP contribution in [-0.2, 0) is 10.0 Å². The van der Waals surface area contributed by atoms with Crippen molar-refractivity contribution in [2.75, 3.05) is 7.11 Å². The maximum atomic E-state index is 12.8. The van der Waals surface area contributed by atoms with E-state index in [1.165, 1.54) is 19.2 Å². The summed E-state index contributed by atoms with van der Waals surface area (Å²) in [6.07, 6.45) is 2.07. The summed E-state index contributed by atoms with van der Waals surface area (Å²) in [5.74, 6) is 0.442. The average molecular weight is 416 g/mol. The molecule has 152 valence electrons. The first-order valence-corrected chi connectivity index (χ1v) is 10.3. The SMILES string of the molecule is CCC(NS(=O)(=O)c1ccc(OC)c([N+](=O)[O-])c1)c1ncc(-c2ccccc2)[nH]1. The second-order valence-electron chi connectivity index (χ2n) is 6.22. The highest BCUT2D eigenvalue weighted by Gasteiger charge is 2.26. The third kappa shape index (κ3) is 4.44. The van der Waals surface area contributed by atoms with Crippen molar-refractivity contribution in [1.82, 2.24) is 14.7 Å². The molecule has 1 aromatic heterocycles. The molecule has 1 atom stereocenters. The van der Waals surface area contributed by atoms with Crippen LogP contribution >= 0.6 is 0 Å². The van der Waals surface area contributed by atoms with Gasteiger partial charge in [-0.25, -0.2) is 18.1 Å². The van der Waals surface area contributed by atoms with Crippen LogP contribution in [0.2, 0.25) is 0 Å². The van der Waals surface area contributed by atoms with Gasteiger partial charge in [-0.1, -0.05) is 37.3 Å². The fourth-order valence-corrected chi connectivity index (χ4v) is 4.15. The third-order valence-electron chi connectivity index (χ3n) is 4.37. The van der Waals surface area contributed by atoms with Crippen molar-refractivity contribution in [3.05, 3.63) is 70.7 Å². The average Bonchev–Trinajstić information content (AvgIpc) is 3.22. The van der Waals surface area contributed by atoms with Gasteiger partial charge in [-0.05, 0) is 24.1 Å². The lowest BCUT2D eigenvalue weighted by Crippen LogP contribution is -2.29. The molecule has 3 rings (SSSR count). The Morgan fingerprint density at radius 1 is 1.24 bits per heavy atom. The number of imidazole rings is 1. The van der Waals surface area contributed by atoms with E-state index in [1.54, 1.807) is 6.20 Å². The number of aromatic nitrogens is 2. The van der Waals surface area contributed by atoms with Gasteiger partial charge in [-0.2, -0.15) is 0 Å². The summed E-state index contributed by atoms with van der Waals surface area (Å²) < 4.78 is 33.1. The molecule has 1 unspecified atom stereocenters. The zero-order valence-electron chi connectivity index (χ0n) is 15.8. The Labute approximate surface area is 168 Å². The number of sulfonamides is 1. The molecule has 0 aliphatic heterocycles. The molecule has 0 fully saturated rings. The molecule has 10 heteroatoms. The van der Waals surface area contributed by atoms with E-state index in [4.69, 9.17) is 4.74 Å². The molecule has 3 aromatic rings. The minimum absolute atomic E-state index is 0.0143. The van der Waals surface area contributed by atoms with Crippen molar-refractivity contribution in [1.29, 1.82) is 0 Å². The summed E-state index contributed by atoms with van der Waals surface area (Å²) in [6, 6.07) is 12.4. The molecule has 0 aliphatic rings. The van der Waals surface area contributed by atoms with Crippen molar-refractivity contribution < 1.29 is 18.1 Å². The van der Waals surface area contributed by atoms with Crippen molar-refractivity contribution >= 4 is 15.7 Å². The van der Waals surface area contributed by atoms with Crippen LogP contribution in [0.25, 0.3) is 11.3 Å². The smallest absolute Gasteiger partial charge is 0.312 e. The van der Waals surface area contributed by atoms with Gasteiger partial charge in [0.15, 0.2) is 5.75 Å². The van der Waals surface area contributed by atoms with Gasteiger partial charge in [0.05, 0.1) is 34.9 Å². The van der Waals surface area contributed by atoms with Gasteiger partial charge in [0.25, 0.3) is 0 Å². The van der Waals surface area contributed by atoms with Crippen molar-refractivity contribution in [2.45, 2.75) is 24.3 Å². The number of hydrogen-bond donors (Lipinski definition) is 2. The molecule has 2 aromatic carbocycles. The van der Waals surface area contributed by atoms with E-state index in [2.05, 4.69) is 14.7 Å². The van der Waals surface area contributed by atoms with E-state index in [1.807, 2.05) is 37.3 Å². The summed E-state index contributed by atoms with van der Waals surface area (Å²) in [6.45, 7) is 1.81. The van der Waals surface area contributed by atoms with Crippen LogP contribution in [0.5, 0.6) is 5.75 Å². The molecule has 0 amide bonds. The van der Waals surface area contributed by atoms with Crippen molar-refractivity contribution in [2.24, 2.45) is 0 Å². The highest BCUT2D eigenvalue weighted by Crippen LogP contribution is 2.30. The number of rotatable bonds is 8. The second kappa shape index (κ2) is 8.41. The number of nitro groups is 1. The van der Waals surface area contributed by atoms with E-state index in [9.17, 15) is 18.5 Å². The first-order chi connectivity index (χ1) is 13.9. The molecule has 0 bridgehead atoms. The van der Waals surface area contributed by atoms with Crippen LogP contribution < -0.4 is 9.46 Å². The van der Waals surface area contributed by atoms with Gasteiger partial charge in [-0.15, -0.1) is 0 Å². The standard InChI is InChI=1S/C19H20N4O5S/c1-3-15(19-20-12-16(21-19)13-7-5-4-6-8-13)22-29(26,27)14-9-10-18(28-2)17(11-14)23(24)25/h4-12,15,22H,3H2,1-2H3,(H,20,21). The summed E-state index contributed by atoms with van der Waals surface area (Å²) >= 11 is 0. The number of methoxy groups -OCH3 is 1. The lowest BCUT2D eigenvalue weighted by molar-refractivity contribution is -0.386. The Hall–Kier alpha value is -3.24.